The van der Waals surface area contributed by atoms with Gasteiger partial charge in [-0.15, -0.1) is 35.9 Å². The minimum atomic E-state index is 0. The molecule has 0 saturated heterocycles. The Labute approximate surface area is 229 Å². The van der Waals surface area contributed by atoms with Gasteiger partial charge in [0.25, 0.3) is 0 Å². The Bertz CT molecular complexity index is 1390. The van der Waals surface area contributed by atoms with Gasteiger partial charge in [-0.2, -0.15) is 0 Å². The minimum absolute atomic E-state index is 0. The van der Waals surface area contributed by atoms with Crippen LogP contribution in [0.15, 0.2) is 134 Å². The van der Waals surface area contributed by atoms with Crippen LogP contribution in [0.4, 0.5) is 0 Å². The molecule has 0 bridgehead atoms. The average Bonchev–Trinajstić information content (AvgIpc) is 2.99. The van der Waals surface area contributed by atoms with Crippen LogP contribution in [0.1, 0.15) is 0 Å². The third kappa shape index (κ3) is 6.84. The number of hydrogen-bond donors (Lipinski definition) is 0. The zero-order valence-electron chi connectivity index (χ0n) is 19.8. The fraction of sp³-hybridized carbons (Fsp3) is 0. The first kappa shape index (κ1) is 25.7. The summed E-state index contributed by atoms with van der Waals surface area (Å²) in [6.45, 7) is 0. The van der Waals surface area contributed by atoms with Gasteiger partial charge in [-0.1, -0.05) is 36.4 Å². The monoisotopic (exact) mass is 566 g/mol. The van der Waals surface area contributed by atoms with Crippen molar-refractivity contribution in [1.82, 2.24) is 24.9 Å². The van der Waals surface area contributed by atoms with E-state index in [1.54, 1.807) is 18.6 Å². The molecule has 0 fully saturated rings. The van der Waals surface area contributed by atoms with Crippen LogP contribution in [0.3, 0.4) is 0 Å². The molecule has 1 radical (unpaired) electrons. The minimum Gasteiger partial charge on any atom is -0.305 e. The summed E-state index contributed by atoms with van der Waals surface area (Å²) in [6, 6.07) is 40.2. The molecule has 0 saturated carbocycles. The van der Waals surface area contributed by atoms with E-state index in [4.69, 9.17) is 9.97 Å². The molecule has 5 nitrogen and oxygen atoms in total. The van der Waals surface area contributed by atoms with E-state index in [1.165, 1.54) is 0 Å². The molecule has 0 aliphatic rings. The van der Waals surface area contributed by atoms with Crippen molar-refractivity contribution in [2.45, 2.75) is 0 Å². The Hall–Kier alpha value is -4.41. The van der Waals surface area contributed by atoms with Crippen LogP contribution in [0.25, 0.3) is 45.4 Å². The molecule has 6 heteroatoms. The van der Waals surface area contributed by atoms with Gasteiger partial charge in [-0.05, 0) is 60.3 Å². The first-order chi connectivity index (χ1) is 17.9. The maximum absolute atomic E-state index is 4.70. The van der Waals surface area contributed by atoms with Crippen LogP contribution in [-0.2, 0) is 19.5 Å². The third-order valence-electron chi connectivity index (χ3n) is 5.27. The first-order valence-corrected chi connectivity index (χ1v) is 11.5. The number of hydrogen-bond acceptors (Lipinski definition) is 5. The molecule has 0 atom stereocenters. The molecule has 6 aromatic rings. The Morgan fingerprint density at radius 1 is 0.378 bits per heavy atom. The molecule has 0 unspecified atom stereocenters. The topological polar surface area (TPSA) is 64.5 Å². The van der Waals surface area contributed by atoms with E-state index in [1.807, 2.05) is 115 Å². The number of rotatable bonds is 4. The van der Waals surface area contributed by atoms with Crippen molar-refractivity contribution in [2.24, 2.45) is 0 Å². The molecule has 5 heterocycles. The molecule has 0 aliphatic carbocycles. The summed E-state index contributed by atoms with van der Waals surface area (Å²) in [5.41, 5.74) is 7.00. The van der Waals surface area contributed by atoms with Crippen molar-refractivity contribution >= 4 is 0 Å². The Morgan fingerprint density at radius 2 is 0.784 bits per heavy atom. The van der Waals surface area contributed by atoms with E-state index in [2.05, 4.69) is 21.0 Å². The predicted molar refractivity (Wildman–Crippen MR) is 142 cm³/mol. The predicted octanol–water partition coefficient (Wildman–Crippen LogP) is 6.81. The quantitative estimate of drug-likeness (QED) is 0.174. The van der Waals surface area contributed by atoms with Crippen molar-refractivity contribution in [3.8, 4) is 45.4 Å². The third-order valence-corrected chi connectivity index (χ3v) is 5.27. The van der Waals surface area contributed by atoms with Crippen LogP contribution < -0.4 is 0 Å². The SMILES string of the molecule is [Ru+].[c-]1ccccc1-c1ccccn1.c1ccc(-c2cccc(-c3cccc(-c4ccccn4)n3)n2)nc1. The van der Waals surface area contributed by atoms with Crippen molar-refractivity contribution in [2.75, 3.05) is 0 Å². The van der Waals surface area contributed by atoms with Gasteiger partial charge in [0.15, 0.2) is 0 Å². The normalized spacial score (nSPS) is 9.95. The molecule has 0 spiro atoms. The zero-order valence-corrected chi connectivity index (χ0v) is 21.5. The van der Waals surface area contributed by atoms with Crippen LogP contribution in [0, 0.1) is 6.07 Å². The van der Waals surface area contributed by atoms with Gasteiger partial charge in [0.1, 0.15) is 0 Å². The molecule has 0 aliphatic heterocycles. The molecular formula is C31H22N5Ru. The standard InChI is InChI=1S/C20H14N4.C11H8N.Ru/c1-3-13-21-15(7-1)17-9-5-11-19(23-17)20-12-6-10-18(24-20)16-8-2-4-14-22-16;1-2-6-10(7-3-1)11-8-4-5-9-12-11;/h1-14H;1-6,8-9H;/q;-1;+1. The van der Waals surface area contributed by atoms with Crippen molar-refractivity contribution in [3.63, 3.8) is 0 Å². The zero-order chi connectivity index (χ0) is 24.4. The molecule has 1 aromatic carbocycles. The summed E-state index contributed by atoms with van der Waals surface area (Å²) in [6.07, 6.45) is 5.32. The average molecular weight is 566 g/mol. The number of nitrogens with zero attached hydrogens (tertiary/aromatic N) is 5. The van der Waals surface area contributed by atoms with E-state index in [0.29, 0.717) is 0 Å². The van der Waals surface area contributed by atoms with E-state index < -0.39 is 0 Å². The Kier molecular flexibility index (Phi) is 9.06. The number of benzene rings is 1. The fourth-order valence-electron chi connectivity index (χ4n) is 3.54. The van der Waals surface area contributed by atoms with E-state index in [-0.39, 0.29) is 19.5 Å². The summed E-state index contributed by atoms with van der Waals surface area (Å²) in [5, 5.41) is 0. The van der Waals surface area contributed by atoms with E-state index in [0.717, 1.165) is 45.4 Å². The molecule has 0 amide bonds. The second kappa shape index (κ2) is 13.1. The Balaban J connectivity index is 0.000000208. The first-order valence-electron chi connectivity index (χ1n) is 11.5. The van der Waals surface area contributed by atoms with Crippen LogP contribution in [-0.4, -0.2) is 24.9 Å². The summed E-state index contributed by atoms with van der Waals surface area (Å²) in [7, 11) is 0. The Morgan fingerprint density at radius 3 is 1.19 bits per heavy atom. The molecule has 5 aromatic heterocycles. The molecular weight excluding hydrogens is 543 g/mol. The van der Waals surface area contributed by atoms with Gasteiger partial charge < -0.3 is 4.98 Å². The second-order valence-electron chi connectivity index (χ2n) is 7.74. The molecule has 37 heavy (non-hydrogen) atoms. The van der Waals surface area contributed by atoms with Gasteiger partial charge >= 0.3 is 19.5 Å². The number of aromatic nitrogens is 5. The van der Waals surface area contributed by atoms with Gasteiger partial charge in [-0.25, -0.2) is 9.97 Å². The molecule has 6 rings (SSSR count). The van der Waals surface area contributed by atoms with Gasteiger partial charge in [0.05, 0.1) is 34.2 Å². The van der Waals surface area contributed by atoms with Crippen LogP contribution in [0.5, 0.6) is 0 Å². The second-order valence-corrected chi connectivity index (χ2v) is 7.74. The maximum atomic E-state index is 4.70. The maximum Gasteiger partial charge on any atom is 1.00 e. The van der Waals surface area contributed by atoms with Crippen molar-refractivity contribution < 1.29 is 19.5 Å². The smallest absolute Gasteiger partial charge is 0.305 e. The summed E-state index contributed by atoms with van der Waals surface area (Å²) in [4.78, 5) is 22.3. The van der Waals surface area contributed by atoms with Crippen molar-refractivity contribution in [3.05, 3.63) is 140 Å². The summed E-state index contributed by atoms with van der Waals surface area (Å²) < 4.78 is 0. The summed E-state index contributed by atoms with van der Waals surface area (Å²) in [5.74, 6) is 0. The van der Waals surface area contributed by atoms with Crippen LogP contribution in [0.2, 0.25) is 0 Å². The molecule has 0 N–H and O–H groups in total. The van der Waals surface area contributed by atoms with Gasteiger partial charge in [0, 0.05) is 18.6 Å². The van der Waals surface area contributed by atoms with Gasteiger partial charge in [-0.3, -0.25) is 9.97 Å². The fourth-order valence-corrected chi connectivity index (χ4v) is 3.54. The van der Waals surface area contributed by atoms with E-state index in [9.17, 15) is 0 Å². The largest absolute Gasteiger partial charge is 1.00 e. The van der Waals surface area contributed by atoms with Gasteiger partial charge in [0.2, 0.25) is 0 Å². The van der Waals surface area contributed by atoms with Crippen molar-refractivity contribution in [1.29, 1.82) is 0 Å². The molecule has 179 valence electrons. The number of pyridine rings is 5. The van der Waals surface area contributed by atoms with E-state index >= 15 is 0 Å². The summed E-state index contributed by atoms with van der Waals surface area (Å²) >= 11 is 0. The van der Waals surface area contributed by atoms with Crippen LogP contribution >= 0.6 is 0 Å².